The van der Waals surface area contributed by atoms with Gasteiger partial charge in [0.1, 0.15) is 5.69 Å². The van der Waals surface area contributed by atoms with Crippen molar-refractivity contribution in [1.82, 2.24) is 10.2 Å². The third kappa shape index (κ3) is 2.67. The van der Waals surface area contributed by atoms with E-state index >= 15 is 0 Å². The van der Waals surface area contributed by atoms with Gasteiger partial charge in [-0.2, -0.15) is 5.10 Å². The summed E-state index contributed by atoms with van der Waals surface area (Å²) in [7, 11) is 1.50. The molecule has 3 aromatic carbocycles. The van der Waals surface area contributed by atoms with E-state index in [1.165, 1.54) is 7.11 Å². The number of aliphatic hydroxyl groups is 2. The molecule has 6 heteroatoms. The predicted molar refractivity (Wildman–Crippen MR) is 94.4 cm³/mol. The fourth-order valence-corrected chi connectivity index (χ4v) is 3.02. The molecule has 4 aromatic rings. The number of hydrogen-bond donors (Lipinski definition) is 3. The number of aromatic amines is 1. The highest BCUT2D eigenvalue weighted by atomic mass is 16.7. The fourth-order valence-electron chi connectivity index (χ4n) is 3.02. The number of nitrogens with one attached hydrogen (secondary N) is 1. The van der Waals surface area contributed by atoms with E-state index in [1.54, 1.807) is 12.1 Å². The van der Waals surface area contributed by atoms with Gasteiger partial charge in [-0.05, 0) is 29.0 Å². The Morgan fingerprint density at radius 1 is 1.00 bits per heavy atom. The Hall–Kier alpha value is -3.09. The van der Waals surface area contributed by atoms with Crippen LogP contribution in [-0.4, -0.2) is 34.0 Å². The van der Waals surface area contributed by atoms with E-state index in [2.05, 4.69) is 22.3 Å². The van der Waals surface area contributed by atoms with Gasteiger partial charge in [0, 0.05) is 5.56 Å². The minimum Gasteiger partial charge on any atom is -0.492 e. The first-order chi connectivity index (χ1) is 12.2. The zero-order valence-electron chi connectivity index (χ0n) is 13.4. The predicted octanol–water partition coefficient (Wildman–Crippen LogP) is 3.04. The Morgan fingerprint density at radius 2 is 1.80 bits per heavy atom. The summed E-state index contributed by atoms with van der Waals surface area (Å²) in [5.41, 5.74) is 2.39. The Kier molecular flexibility index (Phi) is 3.76. The van der Waals surface area contributed by atoms with Crippen LogP contribution < -0.4 is 9.47 Å². The van der Waals surface area contributed by atoms with Crippen molar-refractivity contribution in [2.45, 2.75) is 6.48 Å². The maximum absolute atomic E-state index is 9.11. The number of benzene rings is 3. The first-order valence-corrected chi connectivity index (χ1v) is 7.74. The molecule has 0 spiro atoms. The minimum atomic E-state index is -1.93. The van der Waals surface area contributed by atoms with E-state index in [-0.39, 0.29) is 5.75 Å². The second-order valence-electron chi connectivity index (χ2n) is 5.60. The van der Waals surface area contributed by atoms with E-state index in [4.69, 9.17) is 19.7 Å². The average molecular weight is 336 g/mol. The molecule has 0 aliphatic carbocycles. The first kappa shape index (κ1) is 15.4. The molecular formula is C19H16N2O4. The molecule has 0 aliphatic heterocycles. The Labute approximate surface area is 143 Å². The Morgan fingerprint density at radius 3 is 2.56 bits per heavy atom. The van der Waals surface area contributed by atoms with Gasteiger partial charge in [0.15, 0.2) is 11.5 Å². The highest BCUT2D eigenvalue weighted by Crippen LogP contribution is 2.40. The second-order valence-corrected chi connectivity index (χ2v) is 5.60. The SMILES string of the molecule is COc1c(OC(O)O)ccc2[nH]nc(-c3ccc4ccccc4c3)c12. The monoisotopic (exact) mass is 336 g/mol. The molecule has 0 fully saturated rings. The summed E-state index contributed by atoms with van der Waals surface area (Å²) in [6, 6.07) is 17.5. The first-order valence-electron chi connectivity index (χ1n) is 7.74. The number of aromatic nitrogens is 2. The molecule has 0 aliphatic rings. The molecule has 3 N–H and O–H groups in total. The van der Waals surface area contributed by atoms with Crippen molar-refractivity contribution in [2.75, 3.05) is 7.11 Å². The van der Waals surface area contributed by atoms with Crippen LogP contribution in [0.5, 0.6) is 11.5 Å². The standard InChI is InChI=1S/C19H16N2O4/c1-24-18-15(25-19(22)23)9-8-14-16(18)17(21-20-14)13-7-6-11-4-2-3-5-12(11)10-13/h2-10,19,22-23H,1H3,(H,20,21). The molecule has 1 heterocycles. The highest BCUT2D eigenvalue weighted by molar-refractivity contribution is 6.01. The lowest BCUT2D eigenvalue weighted by Crippen LogP contribution is -2.14. The quantitative estimate of drug-likeness (QED) is 0.499. The van der Waals surface area contributed by atoms with E-state index in [0.29, 0.717) is 11.4 Å². The van der Waals surface area contributed by atoms with Gasteiger partial charge < -0.3 is 19.7 Å². The smallest absolute Gasteiger partial charge is 0.310 e. The van der Waals surface area contributed by atoms with Gasteiger partial charge in [-0.3, -0.25) is 5.10 Å². The maximum atomic E-state index is 9.11. The lowest BCUT2D eigenvalue weighted by Gasteiger charge is -2.13. The van der Waals surface area contributed by atoms with Crippen LogP contribution in [0, 0.1) is 0 Å². The van der Waals surface area contributed by atoms with Crippen LogP contribution in [0.3, 0.4) is 0 Å². The molecule has 0 saturated carbocycles. The number of methoxy groups -OCH3 is 1. The molecule has 4 rings (SSSR count). The van der Waals surface area contributed by atoms with Crippen molar-refractivity contribution in [2.24, 2.45) is 0 Å². The van der Waals surface area contributed by atoms with Gasteiger partial charge in [-0.1, -0.05) is 36.4 Å². The molecule has 126 valence electrons. The summed E-state index contributed by atoms with van der Waals surface area (Å²) in [6.45, 7) is -1.93. The van der Waals surface area contributed by atoms with Gasteiger partial charge in [-0.15, -0.1) is 0 Å². The maximum Gasteiger partial charge on any atom is 0.310 e. The average Bonchev–Trinajstić information content (AvgIpc) is 3.05. The summed E-state index contributed by atoms with van der Waals surface area (Å²) in [5.74, 6) is 0.621. The number of H-pyrrole nitrogens is 1. The zero-order valence-corrected chi connectivity index (χ0v) is 13.4. The molecule has 0 amide bonds. The number of fused-ring (bicyclic) bond motifs is 2. The topological polar surface area (TPSA) is 87.6 Å². The van der Waals surface area contributed by atoms with Crippen LogP contribution in [0.1, 0.15) is 0 Å². The van der Waals surface area contributed by atoms with Crippen molar-refractivity contribution in [1.29, 1.82) is 0 Å². The summed E-state index contributed by atoms with van der Waals surface area (Å²) < 4.78 is 10.5. The van der Waals surface area contributed by atoms with Crippen LogP contribution in [0.4, 0.5) is 0 Å². The number of ether oxygens (including phenoxy) is 2. The molecule has 6 nitrogen and oxygen atoms in total. The van der Waals surface area contributed by atoms with Crippen molar-refractivity contribution >= 4 is 21.7 Å². The largest absolute Gasteiger partial charge is 0.492 e. The number of aliphatic hydroxyl groups excluding tert-OH is 1. The summed E-state index contributed by atoms with van der Waals surface area (Å²) in [4.78, 5) is 0. The minimum absolute atomic E-state index is 0.230. The molecular weight excluding hydrogens is 320 g/mol. The zero-order chi connectivity index (χ0) is 17.4. The van der Waals surface area contributed by atoms with Crippen LogP contribution in [-0.2, 0) is 0 Å². The third-order valence-electron chi connectivity index (χ3n) is 4.11. The van der Waals surface area contributed by atoms with E-state index in [1.807, 2.05) is 30.3 Å². The molecule has 25 heavy (non-hydrogen) atoms. The van der Waals surface area contributed by atoms with Crippen LogP contribution in [0.15, 0.2) is 54.6 Å². The van der Waals surface area contributed by atoms with Crippen LogP contribution in [0.25, 0.3) is 32.9 Å². The summed E-state index contributed by atoms with van der Waals surface area (Å²) in [5, 5.41) is 28.6. The lowest BCUT2D eigenvalue weighted by molar-refractivity contribution is -0.180. The van der Waals surface area contributed by atoms with Crippen LogP contribution in [0.2, 0.25) is 0 Å². The van der Waals surface area contributed by atoms with Gasteiger partial charge in [-0.25, -0.2) is 0 Å². The molecule has 0 bridgehead atoms. The molecule has 0 saturated heterocycles. The molecule has 1 aromatic heterocycles. The highest BCUT2D eigenvalue weighted by Gasteiger charge is 2.18. The van der Waals surface area contributed by atoms with Gasteiger partial charge in [0.2, 0.25) is 0 Å². The van der Waals surface area contributed by atoms with Gasteiger partial charge in [0.05, 0.1) is 18.0 Å². The second kappa shape index (κ2) is 6.08. The summed E-state index contributed by atoms with van der Waals surface area (Å²) >= 11 is 0. The number of hydrogen-bond acceptors (Lipinski definition) is 5. The Bertz CT molecular complexity index is 1060. The van der Waals surface area contributed by atoms with Crippen molar-refractivity contribution in [3.05, 3.63) is 54.6 Å². The van der Waals surface area contributed by atoms with E-state index < -0.39 is 6.48 Å². The third-order valence-corrected chi connectivity index (χ3v) is 4.11. The van der Waals surface area contributed by atoms with Crippen LogP contribution >= 0.6 is 0 Å². The summed E-state index contributed by atoms with van der Waals surface area (Å²) in [6.07, 6.45) is 0. The lowest BCUT2D eigenvalue weighted by atomic mass is 10.0. The normalized spacial score (nSPS) is 11.4. The fraction of sp³-hybridized carbons (Fsp3) is 0.105. The molecule has 0 radical (unpaired) electrons. The van der Waals surface area contributed by atoms with Crippen molar-refractivity contribution in [3.63, 3.8) is 0 Å². The van der Waals surface area contributed by atoms with Crippen molar-refractivity contribution < 1.29 is 19.7 Å². The molecule has 0 unspecified atom stereocenters. The van der Waals surface area contributed by atoms with Gasteiger partial charge >= 0.3 is 6.48 Å². The number of nitrogens with zero attached hydrogens (tertiary/aromatic N) is 1. The number of rotatable bonds is 4. The van der Waals surface area contributed by atoms with E-state index in [9.17, 15) is 0 Å². The Balaban J connectivity index is 1.94. The molecule has 0 atom stereocenters. The van der Waals surface area contributed by atoms with Crippen molar-refractivity contribution in [3.8, 4) is 22.8 Å². The van der Waals surface area contributed by atoms with Gasteiger partial charge in [0.25, 0.3) is 0 Å². The van der Waals surface area contributed by atoms with E-state index in [0.717, 1.165) is 27.2 Å².